The molecule has 0 radical (unpaired) electrons. The highest BCUT2D eigenvalue weighted by Crippen LogP contribution is 2.39. The molecular formula is C9H11BrO2S. The summed E-state index contributed by atoms with van der Waals surface area (Å²) in [4.78, 5) is 0. The van der Waals surface area contributed by atoms with E-state index in [1.54, 1.807) is 11.3 Å². The molecular weight excluding hydrogens is 252 g/mol. The Bertz CT molecular complexity index is 287. The third kappa shape index (κ3) is 1.81. The summed E-state index contributed by atoms with van der Waals surface area (Å²) in [5.41, 5.74) is 1.18. The Labute approximate surface area is 89.7 Å². The zero-order valence-electron chi connectivity index (χ0n) is 7.07. The molecule has 2 nitrogen and oxygen atoms in total. The van der Waals surface area contributed by atoms with E-state index in [1.807, 2.05) is 5.38 Å². The highest BCUT2D eigenvalue weighted by Gasteiger charge is 2.30. The summed E-state index contributed by atoms with van der Waals surface area (Å²) >= 11 is 5.14. The fourth-order valence-corrected chi connectivity index (χ4v) is 3.21. The Morgan fingerprint density at radius 1 is 1.62 bits per heavy atom. The van der Waals surface area contributed by atoms with Gasteiger partial charge in [-0.2, -0.15) is 11.3 Å². The van der Waals surface area contributed by atoms with E-state index in [-0.39, 0.29) is 18.6 Å². The van der Waals surface area contributed by atoms with E-state index in [2.05, 4.69) is 21.3 Å². The molecule has 2 rings (SSSR count). The summed E-state index contributed by atoms with van der Waals surface area (Å²) < 4.78 is 6.70. The first-order chi connectivity index (χ1) is 6.33. The van der Waals surface area contributed by atoms with Gasteiger partial charge in [0.05, 0.1) is 6.10 Å². The Balaban J connectivity index is 2.20. The predicted molar refractivity (Wildman–Crippen MR) is 55.9 cm³/mol. The molecule has 4 heteroatoms. The first-order valence-corrected chi connectivity index (χ1v) is 6.00. The SMILES string of the molecule is OCC1CCOC1c1cscc1Br. The normalized spacial score (nSPS) is 28.2. The highest BCUT2D eigenvalue weighted by molar-refractivity contribution is 9.10. The Kier molecular flexibility index (Phi) is 3.03. The maximum absolute atomic E-state index is 9.13. The molecule has 1 aromatic heterocycles. The number of aliphatic hydroxyl groups is 1. The van der Waals surface area contributed by atoms with Crippen LogP contribution in [0.3, 0.4) is 0 Å². The third-order valence-electron chi connectivity index (χ3n) is 2.40. The van der Waals surface area contributed by atoms with Gasteiger partial charge in [0, 0.05) is 34.5 Å². The first kappa shape index (κ1) is 9.65. The van der Waals surface area contributed by atoms with Crippen LogP contribution in [0.2, 0.25) is 0 Å². The topological polar surface area (TPSA) is 29.5 Å². The Hall–Kier alpha value is 0.100. The van der Waals surface area contributed by atoms with Crippen molar-refractivity contribution in [3.8, 4) is 0 Å². The van der Waals surface area contributed by atoms with Gasteiger partial charge in [-0.1, -0.05) is 0 Å². The van der Waals surface area contributed by atoms with Gasteiger partial charge >= 0.3 is 0 Å². The average molecular weight is 263 g/mol. The molecule has 0 aliphatic carbocycles. The second-order valence-corrected chi connectivity index (χ2v) is 4.80. The molecule has 2 unspecified atom stereocenters. The van der Waals surface area contributed by atoms with E-state index in [4.69, 9.17) is 9.84 Å². The van der Waals surface area contributed by atoms with Crippen molar-refractivity contribution in [2.45, 2.75) is 12.5 Å². The van der Waals surface area contributed by atoms with Crippen LogP contribution in [-0.4, -0.2) is 18.3 Å². The highest BCUT2D eigenvalue weighted by atomic mass is 79.9. The minimum atomic E-state index is 0.0885. The zero-order valence-corrected chi connectivity index (χ0v) is 9.47. The van der Waals surface area contributed by atoms with E-state index in [1.165, 1.54) is 5.56 Å². The number of hydrogen-bond donors (Lipinski definition) is 1. The molecule has 2 heterocycles. The largest absolute Gasteiger partial charge is 0.396 e. The zero-order chi connectivity index (χ0) is 9.26. The van der Waals surface area contributed by atoms with Gasteiger partial charge in [0.2, 0.25) is 0 Å². The molecule has 0 bridgehead atoms. The minimum Gasteiger partial charge on any atom is -0.396 e. The van der Waals surface area contributed by atoms with E-state index >= 15 is 0 Å². The fraction of sp³-hybridized carbons (Fsp3) is 0.556. The van der Waals surface area contributed by atoms with E-state index in [0.717, 1.165) is 17.5 Å². The molecule has 1 aliphatic heterocycles. The van der Waals surface area contributed by atoms with Gasteiger partial charge in [-0.3, -0.25) is 0 Å². The van der Waals surface area contributed by atoms with Crippen LogP contribution in [0.15, 0.2) is 15.2 Å². The fourth-order valence-electron chi connectivity index (χ4n) is 1.66. The van der Waals surface area contributed by atoms with Gasteiger partial charge in [0.1, 0.15) is 0 Å². The van der Waals surface area contributed by atoms with Gasteiger partial charge in [-0.25, -0.2) is 0 Å². The lowest BCUT2D eigenvalue weighted by Crippen LogP contribution is -2.10. The molecule has 1 aromatic rings. The lowest BCUT2D eigenvalue weighted by molar-refractivity contribution is 0.0719. The summed E-state index contributed by atoms with van der Waals surface area (Å²) in [6.07, 6.45) is 1.05. The van der Waals surface area contributed by atoms with Gasteiger partial charge in [-0.15, -0.1) is 0 Å². The van der Waals surface area contributed by atoms with Crippen LogP contribution >= 0.6 is 27.3 Å². The van der Waals surface area contributed by atoms with Gasteiger partial charge < -0.3 is 9.84 Å². The Morgan fingerprint density at radius 3 is 3.08 bits per heavy atom. The summed E-state index contributed by atoms with van der Waals surface area (Å²) in [5.74, 6) is 0.269. The van der Waals surface area contributed by atoms with Crippen LogP contribution in [0.4, 0.5) is 0 Å². The maximum atomic E-state index is 9.13. The summed E-state index contributed by atoms with van der Waals surface area (Å²) in [7, 11) is 0. The molecule has 72 valence electrons. The van der Waals surface area contributed by atoms with Crippen LogP contribution < -0.4 is 0 Å². The number of hydrogen-bond acceptors (Lipinski definition) is 3. The first-order valence-electron chi connectivity index (χ1n) is 4.27. The standard InChI is InChI=1S/C9H11BrO2S/c10-8-5-13-4-7(8)9-6(3-11)1-2-12-9/h4-6,9,11H,1-3H2. The summed E-state index contributed by atoms with van der Waals surface area (Å²) in [6, 6.07) is 0. The van der Waals surface area contributed by atoms with Crippen molar-refractivity contribution in [3.63, 3.8) is 0 Å². The third-order valence-corrected chi connectivity index (χ3v) is 4.15. The molecule has 13 heavy (non-hydrogen) atoms. The lowest BCUT2D eigenvalue weighted by atomic mass is 9.98. The van der Waals surface area contributed by atoms with Crippen LogP contribution in [0.5, 0.6) is 0 Å². The monoisotopic (exact) mass is 262 g/mol. The number of thiophene rings is 1. The van der Waals surface area contributed by atoms with Crippen molar-refractivity contribution in [1.29, 1.82) is 0 Å². The summed E-state index contributed by atoms with van der Waals surface area (Å²) in [6.45, 7) is 0.977. The minimum absolute atomic E-state index is 0.0885. The average Bonchev–Trinajstić information content (AvgIpc) is 2.71. The molecule has 1 aliphatic rings. The number of aliphatic hydroxyl groups excluding tert-OH is 1. The number of ether oxygens (including phenoxy) is 1. The molecule has 0 spiro atoms. The van der Waals surface area contributed by atoms with Crippen LogP contribution in [0, 0.1) is 5.92 Å². The Morgan fingerprint density at radius 2 is 2.46 bits per heavy atom. The van der Waals surface area contributed by atoms with Gasteiger partial charge in [0.15, 0.2) is 0 Å². The quantitative estimate of drug-likeness (QED) is 0.888. The van der Waals surface area contributed by atoms with Crippen molar-refractivity contribution in [2.24, 2.45) is 5.92 Å². The van der Waals surface area contributed by atoms with Gasteiger partial charge in [0.25, 0.3) is 0 Å². The smallest absolute Gasteiger partial charge is 0.0894 e. The van der Waals surface area contributed by atoms with E-state index in [0.29, 0.717) is 0 Å². The summed E-state index contributed by atoms with van der Waals surface area (Å²) in [5, 5.41) is 13.3. The van der Waals surface area contributed by atoms with Crippen molar-refractivity contribution in [1.82, 2.24) is 0 Å². The van der Waals surface area contributed by atoms with Crippen LogP contribution in [-0.2, 0) is 4.74 Å². The molecule has 1 saturated heterocycles. The van der Waals surface area contributed by atoms with Crippen molar-refractivity contribution in [3.05, 3.63) is 20.8 Å². The van der Waals surface area contributed by atoms with Crippen molar-refractivity contribution in [2.75, 3.05) is 13.2 Å². The molecule has 0 saturated carbocycles. The van der Waals surface area contributed by atoms with E-state index < -0.39 is 0 Å². The predicted octanol–water partition coefficient (Wildman–Crippen LogP) is 2.58. The molecule has 2 atom stereocenters. The van der Waals surface area contributed by atoms with Crippen LogP contribution in [0.1, 0.15) is 18.1 Å². The van der Waals surface area contributed by atoms with Crippen molar-refractivity contribution >= 4 is 27.3 Å². The second kappa shape index (κ2) is 4.09. The second-order valence-electron chi connectivity index (χ2n) is 3.20. The van der Waals surface area contributed by atoms with Crippen LogP contribution in [0.25, 0.3) is 0 Å². The number of rotatable bonds is 2. The van der Waals surface area contributed by atoms with Crippen molar-refractivity contribution < 1.29 is 9.84 Å². The molecule has 1 N–H and O–H groups in total. The van der Waals surface area contributed by atoms with Gasteiger partial charge in [-0.05, 0) is 27.7 Å². The number of halogens is 1. The van der Waals surface area contributed by atoms with E-state index in [9.17, 15) is 0 Å². The lowest BCUT2D eigenvalue weighted by Gasteiger charge is -2.15. The molecule has 1 fully saturated rings. The molecule has 0 aromatic carbocycles. The maximum Gasteiger partial charge on any atom is 0.0894 e. The molecule has 0 amide bonds.